The van der Waals surface area contributed by atoms with Crippen LogP contribution in [0.4, 0.5) is 8.78 Å². The summed E-state index contributed by atoms with van der Waals surface area (Å²) < 4.78 is 28.8. The standard InChI is InChI=1S/C17H10F2N2OS/c1-2-8-21-14-7-6-13(19)10-15(14)23-17(21)20-16(22)11-4-3-5-12(18)9-11/h1,3-7,9-10H,8H2. The number of carbonyl (C=O) groups excluding carboxylic acids is 1. The van der Waals surface area contributed by atoms with Crippen molar-refractivity contribution in [1.82, 2.24) is 4.57 Å². The molecule has 3 aromatic rings. The molecule has 23 heavy (non-hydrogen) atoms. The van der Waals surface area contributed by atoms with Crippen molar-refractivity contribution in [1.29, 1.82) is 0 Å². The second kappa shape index (κ2) is 6.15. The lowest BCUT2D eigenvalue weighted by molar-refractivity contribution is 0.0997. The van der Waals surface area contributed by atoms with Crippen LogP contribution in [0.25, 0.3) is 10.2 Å². The highest BCUT2D eigenvalue weighted by atomic mass is 32.1. The molecule has 0 spiro atoms. The van der Waals surface area contributed by atoms with E-state index in [1.807, 2.05) is 0 Å². The lowest BCUT2D eigenvalue weighted by Crippen LogP contribution is -2.16. The first-order chi connectivity index (χ1) is 11.1. The van der Waals surface area contributed by atoms with Crippen molar-refractivity contribution in [2.75, 3.05) is 0 Å². The molecular formula is C17H10F2N2OS. The fourth-order valence-electron chi connectivity index (χ4n) is 2.15. The number of fused-ring (bicyclic) bond motifs is 1. The Kier molecular flexibility index (Phi) is 4.04. The summed E-state index contributed by atoms with van der Waals surface area (Å²) in [6.07, 6.45) is 5.35. The Hall–Kier alpha value is -2.78. The Balaban J connectivity index is 2.16. The molecule has 0 aliphatic rings. The highest BCUT2D eigenvalue weighted by molar-refractivity contribution is 7.16. The summed E-state index contributed by atoms with van der Waals surface area (Å²) in [5.41, 5.74) is 0.834. The summed E-state index contributed by atoms with van der Waals surface area (Å²) in [5, 5.41) is 0. The Bertz CT molecular complexity index is 1010. The maximum absolute atomic E-state index is 13.4. The number of thiazole rings is 1. The highest BCUT2D eigenvalue weighted by Gasteiger charge is 2.10. The number of halogens is 2. The molecule has 3 rings (SSSR count). The predicted octanol–water partition coefficient (Wildman–Crippen LogP) is 3.36. The molecule has 0 aliphatic carbocycles. The molecule has 0 N–H and O–H groups in total. The number of benzene rings is 2. The Morgan fingerprint density at radius 3 is 2.74 bits per heavy atom. The number of aromatic nitrogens is 1. The van der Waals surface area contributed by atoms with Gasteiger partial charge in [-0.05, 0) is 36.4 Å². The fourth-order valence-corrected chi connectivity index (χ4v) is 3.20. The van der Waals surface area contributed by atoms with Crippen LogP contribution in [0, 0.1) is 24.0 Å². The van der Waals surface area contributed by atoms with Crippen molar-refractivity contribution in [3.05, 3.63) is 64.5 Å². The van der Waals surface area contributed by atoms with Gasteiger partial charge in [-0.25, -0.2) is 8.78 Å². The van der Waals surface area contributed by atoms with Gasteiger partial charge in [0.1, 0.15) is 11.6 Å². The van der Waals surface area contributed by atoms with Gasteiger partial charge in [0.25, 0.3) is 5.91 Å². The number of hydrogen-bond acceptors (Lipinski definition) is 2. The molecular weight excluding hydrogens is 318 g/mol. The van der Waals surface area contributed by atoms with E-state index in [4.69, 9.17) is 6.42 Å². The van der Waals surface area contributed by atoms with E-state index in [1.54, 1.807) is 10.6 Å². The van der Waals surface area contributed by atoms with Crippen molar-refractivity contribution < 1.29 is 13.6 Å². The maximum Gasteiger partial charge on any atom is 0.279 e. The zero-order valence-corrected chi connectivity index (χ0v) is 12.6. The lowest BCUT2D eigenvalue weighted by Gasteiger charge is -1.99. The van der Waals surface area contributed by atoms with Gasteiger partial charge in [0.2, 0.25) is 0 Å². The first-order valence-corrected chi connectivity index (χ1v) is 7.47. The number of hydrogen-bond donors (Lipinski definition) is 0. The quantitative estimate of drug-likeness (QED) is 0.664. The SMILES string of the molecule is C#CCn1c(=NC(=O)c2cccc(F)c2)sc2cc(F)ccc21. The van der Waals surface area contributed by atoms with E-state index in [0.29, 0.717) is 15.0 Å². The van der Waals surface area contributed by atoms with Gasteiger partial charge in [0.15, 0.2) is 4.80 Å². The molecule has 0 aliphatic heterocycles. The van der Waals surface area contributed by atoms with Crippen molar-refractivity contribution in [2.24, 2.45) is 4.99 Å². The van der Waals surface area contributed by atoms with Crippen LogP contribution in [0.15, 0.2) is 47.5 Å². The van der Waals surface area contributed by atoms with Gasteiger partial charge in [-0.1, -0.05) is 23.3 Å². The van der Waals surface area contributed by atoms with Gasteiger partial charge in [-0.2, -0.15) is 4.99 Å². The Morgan fingerprint density at radius 1 is 1.22 bits per heavy atom. The van der Waals surface area contributed by atoms with E-state index >= 15 is 0 Å². The Labute approximate surface area is 134 Å². The third kappa shape index (κ3) is 3.05. The zero-order valence-electron chi connectivity index (χ0n) is 11.8. The number of rotatable bonds is 2. The van der Waals surface area contributed by atoms with Crippen LogP contribution in [-0.2, 0) is 6.54 Å². The van der Waals surface area contributed by atoms with E-state index in [1.165, 1.54) is 30.3 Å². The fraction of sp³-hybridized carbons (Fsp3) is 0.0588. The molecule has 0 radical (unpaired) electrons. The Morgan fingerprint density at radius 2 is 2.00 bits per heavy atom. The minimum Gasteiger partial charge on any atom is -0.305 e. The smallest absolute Gasteiger partial charge is 0.279 e. The van der Waals surface area contributed by atoms with Gasteiger partial charge < -0.3 is 4.57 Å². The van der Waals surface area contributed by atoms with E-state index in [9.17, 15) is 13.6 Å². The monoisotopic (exact) mass is 328 g/mol. The van der Waals surface area contributed by atoms with E-state index in [0.717, 1.165) is 17.4 Å². The maximum atomic E-state index is 13.4. The van der Waals surface area contributed by atoms with E-state index in [-0.39, 0.29) is 17.9 Å². The first-order valence-electron chi connectivity index (χ1n) is 6.65. The number of amides is 1. The molecule has 1 aromatic heterocycles. The third-order valence-corrected chi connectivity index (χ3v) is 4.20. The number of terminal acetylenes is 1. The summed E-state index contributed by atoms with van der Waals surface area (Å²) in [5.74, 6) is 1.01. The number of nitrogens with zero attached hydrogens (tertiary/aromatic N) is 2. The van der Waals surface area contributed by atoms with Crippen molar-refractivity contribution >= 4 is 27.5 Å². The molecule has 3 nitrogen and oxygen atoms in total. The summed E-state index contributed by atoms with van der Waals surface area (Å²) in [4.78, 5) is 16.6. The van der Waals surface area contributed by atoms with Crippen LogP contribution >= 0.6 is 11.3 Å². The van der Waals surface area contributed by atoms with Gasteiger partial charge >= 0.3 is 0 Å². The van der Waals surface area contributed by atoms with Gasteiger partial charge in [0.05, 0.1) is 16.8 Å². The summed E-state index contributed by atoms with van der Waals surface area (Å²) in [7, 11) is 0. The third-order valence-electron chi connectivity index (χ3n) is 3.16. The molecule has 1 amide bonds. The molecule has 0 unspecified atom stereocenters. The molecule has 0 bridgehead atoms. The zero-order chi connectivity index (χ0) is 16.4. The van der Waals surface area contributed by atoms with E-state index in [2.05, 4.69) is 10.9 Å². The summed E-state index contributed by atoms with van der Waals surface area (Å²) in [6.45, 7) is 0.195. The molecule has 1 heterocycles. The highest BCUT2D eigenvalue weighted by Crippen LogP contribution is 2.18. The second-order valence-corrected chi connectivity index (χ2v) is 5.72. The minimum absolute atomic E-state index is 0.140. The molecule has 6 heteroatoms. The lowest BCUT2D eigenvalue weighted by atomic mass is 10.2. The molecule has 2 aromatic carbocycles. The van der Waals surface area contributed by atoms with Gasteiger partial charge in [-0.15, -0.1) is 6.42 Å². The van der Waals surface area contributed by atoms with Crippen LogP contribution in [0.2, 0.25) is 0 Å². The minimum atomic E-state index is -0.581. The van der Waals surface area contributed by atoms with Crippen LogP contribution in [0.1, 0.15) is 10.4 Å². The molecule has 0 saturated heterocycles. The first kappa shape index (κ1) is 15.1. The largest absolute Gasteiger partial charge is 0.305 e. The van der Waals surface area contributed by atoms with Gasteiger partial charge in [0, 0.05) is 5.56 Å². The van der Waals surface area contributed by atoms with Gasteiger partial charge in [-0.3, -0.25) is 4.79 Å². The van der Waals surface area contributed by atoms with Crippen LogP contribution in [-0.4, -0.2) is 10.5 Å². The summed E-state index contributed by atoms with van der Waals surface area (Å²) in [6, 6.07) is 9.55. The van der Waals surface area contributed by atoms with Crippen molar-refractivity contribution in [3.8, 4) is 12.3 Å². The van der Waals surface area contributed by atoms with Crippen LogP contribution in [0.3, 0.4) is 0 Å². The summed E-state index contributed by atoms with van der Waals surface area (Å²) >= 11 is 1.15. The topological polar surface area (TPSA) is 34.4 Å². The van der Waals surface area contributed by atoms with Crippen LogP contribution < -0.4 is 4.80 Å². The number of carbonyl (C=O) groups is 1. The molecule has 114 valence electrons. The second-order valence-electron chi connectivity index (χ2n) is 4.71. The average Bonchev–Trinajstić information content (AvgIpc) is 2.84. The predicted molar refractivity (Wildman–Crippen MR) is 84.9 cm³/mol. The van der Waals surface area contributed by atoms with Crippen LogP contribution in [0.5, 0.6) is 0 Å². The molecule has 0 saturated carbocycles. The van der Waals surface area contributed by atoms with Crippen molar-refractivity contribution in [3.63, 3.8) is 0 Å². The molecule has 0 atom stereocenters. The average molecular weight is 328 g/mol. The molecule has 0 fully saturated rings. The van der Waals surface area contributed by atoms with Crippen molar-refractivity contribution in [2.45, 2.75) is 6.54 Å². The normalized spacial score (nSPS) is 11.6. The van der Waals surface area contributed by atoms with E-state index < -0.39 is 11.7 Å².